The van der Waals surface area contributed by atoms with Gasteiger partial charge in [-0.2, -0.15) is 7.05 Å². The van der Waals surface area contributed by atoms with Crippen molar-refractivity contribution in [3.05, 3.63) is 39.9 Å². The maximum absolute atomic E-state index is 13.2. The van der Waals surface area contributed by atoms with E-state index in [9.17, 15) is 4.39 Å². The Morgan fingerprint density at radius 2 is 2.29 bits per heavy atom. The highest BCUT2D eigenvalue weighted by atomic mass is 35.5. The lowest BCUT2D eigenvalue weighted by Crippen LogP contribution is -2.00. The summed E-state index contributed by atoms with van der Waals surface area (Å²) in [6.07, 6.45) is 0. The summed E-state index contributed by atoms with van der Waals surface area (Å²) in [5.74, 6) is -0.328. The lowest BCUT2D eigenvalue weighted by atomic mass is 10.2. The first-order valence-corrected chi connectivity index (χ1v) is 4.69. The van der Waals surface area contributed by atoms with Gasteiger partial charge in [0.15, 0.2) is 0 Å². The SMILES string of the molecule is C[N-]CCOCc1ccc(Cl)cc1F. The van der Waals surface area contributed by atoms with Crippen LogP contribution in [0.2, 0.25) is 5.02 Å². The molecule has 0 amide bonds. The van der Waals surface area contributed by atoms with E-state index in [0.29, 0.717) is 23.7 Å². The summed E-state index contributed by atoms with van der Waals surface area (Å²) >= 11 is 5.60. The Labute approximate surface area is 88.0 Å². The van der Waals surface area contributed by atoms with Gasteiger partial charge in [-0.05, 0) is 12.1 Å². The van der Waals surface area contributed by atoms with Crippen LogP contribution in [-0.2, 0) is 11.3 Å². The molecule has 1 aromatic rings. The number of ether oxygens (including phenoxy) is 1. The first-order valence-electron chi connectivity index (χ1n) is 4.31. The minimum atomic E-state index is -0.328. The van der Waals surface area contributed by atoms with Crippen LogP contribution in [-0.4, -0.2) is 20.2 Å². The predicted molar refractivity (Wildman–Crippen MR) is 55.2 cm³/mol. The van der Waals surface area contributed by atoms with Crippen molar-refractivity contribution >= 4 is 11.6 Å². The molecule has 0 unspecified atom stereocenters. The summed E-state index contributed by atoms with van der Waals surface area (Å²) in [5.41, 5.74) is 0.519. The van der Waals surface area contributed by atoms with Crippen LogP contribution in [0.4, 0.5) is 4.39 Å². The van der Waals surface area contributed by atoms with Crippen LogP contribution in [0, 0.1) is 5.82 Å². The average molecular weight is 217 g/mol. The van der Waals surface area contributed by atoms with E-state index in [1.165, 1.54) is 6.07 Å². The van der Waals surface area contributed by atoms with Crippen molar-refractivity contribution in [3.63, 3.8) is 0 Å². The maximum Gasteiger partial charge on any atom is 0.130 e. The van der Waals surface area contributed by atoms with Gasteiger partial charge in [0.05, 0.1) is 6.61 Å². The van der Waals surface area contributed by atoms with Crippen molar-refractivity contribution in [2.24, 2.45) is 0 Å². The van der Waals surface area contributed by atoms with E-state index in [1.54, 1.807) is 19.2 Å². The molecule has 0 saturated heterocycles. The van der Waals surface area contributed by atoms with Crippen LogP contribution in [0.25, 0.3) is 5.32 Å². The Kier molecular flexibility index (Phi) is 4.87. The Hall–Kier alpha value is -0.640. The molecular formula is C10H12ClFNO-. The number of halogens is 2. The van der Waals surface area contributed by atoms with E-state index < -0.39 is 0 Å². The fourth-order valence-corrected chi connectivity index (χ4v) is 1.14. The third-order valence-electron chi connectivity index (χ3n) is 1.73. The lowest BCUT2D eigenvalue weighted by Gasteiger charge is -2.11. The quantitative estimate of drug-likeness (QED) is 0.694. The molecule has 4 heteroatoms. The Morgan fingerprint density at radius 3 is 2.93 bits per heavy atom. The highest BCUT2D eigenvalue weighted by Crippen LogP contribution is 2.15. The molecule has 0 spiro atoms. The lowest BCUT2D eigenvalue weighted by molar-refractivity contribution is 0.129. The van der Waals surface area contributed by atoms with Crippen molar-refractivity contribution in [3.8, 4) is 0 Å². The van der Waals surface area contributed by atoms with Crippen LogP contribution in [0.1, 0.15) is 5.56 Å². The van der Waals surface area contributed by atoms with Crippen molar-refractivity contribution in [1.29, 1.82) is 0 Å². The molecule has 0 aliphatic carbocycles. The minimum Gasteiger partial charge on any atom is -0.663 e. The van der Waals surface area contributed by atoms with E-state index in [0.717, 1.165) is 0 Å². The van der Waals surface area contributed by atoms with E-state index >= 15 is 0 Å². The van der Waals surface area contributed by atoms with Gasteiger partial charge in [0.1, 0.15) is 5.82 Å². The highest BCUT2D eigenvalue weighted by molar-refractivity contribution is 6.30. The number of nitrogens with zero attached hydrogens (tertiary/aromatic N) is 1. The van der Waals surface area contributed by atoms with E-state index in [1.807, 2.05) is 0 Å². The Bertz CT molecular complexity index is 293. The molecule has 14 heavy (non-hydrogen) atoms. The molecule has 0 N–H and O–H groups in total. The summed E-state index contributed by atoms with van der Waals surface area (Å²) < 4.78 is 18.4. The number of hydrogen-bond donors (Lipinski definition) is 0. The molecule has 0 aliphatic rings. The summed E-state index contributed by atoms with van der Waals surface area (Å²) in [7, 11) is 1.71. The fraction of sp³-hybridized carbons (Fsp3) is 0.400. The van der Waals surface area contributed by atoms with Crippen LogP contribution in [0.15, 0.2) is 18.2 Å². The predicted octanol–water partition coefficient (Wildman–Crippen LogP) is 3.00. The van der Waals surface area contributed by atoms with Crippen LogP contribution in [0.3, 0.4) is 0 Å². The Balaban J connectivity index is 2.42. The molecule has 0 aliphatic heterocycles. The monoisotopic (exact) mass is 216 g/mol. The average Bonchev–Trinajstić information content (AvgIpc) is 2.15. The Morgan fingerprint density at radius 1 is 1.50 bits per heavy atom. The van der Waals surface area contributed by atoms with Gasteiger partial charge in [0.25, 0.3) is 0 Å². The molecule has 0 saturated carbocycles. The minimum absolute atomic E-state index is 0.262. The fourth-order valence-electron chi connectivity index (χ4n) is 0.977. The largest absolute Gasteiger partial charge is 0.663 e. The standard InChI is InChI=1S/C10H12ClFNO/c1-13-4-5-14-7-8-2-3-9(11)6-10(8)12/h2-3,6H,4-5,7H2,1H3/q-1. The van der Waals surface area contributed by atoms with Crippen molar-refractivity contribution in [1.82, 2.24) is 0 Å². The van der Waals surface area contributed by atoms with Gasteiger partial charge >= 0.3 is 0 Å². The molecule has 1 rings (SSSR count). The third kappa shape index (κ3) is 3.62. The summed E-state index contributed by atoms with van der Waals surface area (Å²) in [6.45, 7) is 1.41. The number of likely N-dealkylation sites (N-methyl/N-ethyl adjacent to an activating group) is 1. The van der Waals surface area contributed by atoms with Gasteiger partial charge in [0, 0.05) is 17.2 Å². The van der Waals surface area contributed by atoms with Gasteiger partial charge in [-0.15, -0.1) is 6.54 Å². The first-order chi connectivity index (χ1) is 6.74. The summed E-state index contributed by atoms with van der Waals surface area (Å²) in [4.78, 5) is 0. The van der Waals surface area contributed by atoms with Gasteiger partial charge in [-0.1, -0.05) is 17.7 Å². The second-order valence-corrected chi connectivity index (χ2v) is 3.26. The molecule has 0 radical (unpaired) electrons. The van der Waals surface area contributed by atoms with Gasteiger partial charge in [-0.3, -0.25) is 0 Å². The van der Waals surface area contributed by atoms with E-state index in [2.05, 4.69) is 5.32 Å². The zero-order chi connectivity index (χ0) is 10.4. The number of hydrogen-bond acceptors (Lipinski definition) is 1. The summed E-state index contributed by atoms with van der Waals surface area (Å²) in [6, 6.07) is 4.55. The maximum atomic E-state index is 13.2. The molecule has 1 aromatic carbocycles. The second-order valence-electron chi connectivity index (χ2n) is 2.83. The number of rotatable bonds is 5. The van der Waals surface area contributed by atoms with Crippen molar-refractivity contribution in [2.75, 3.05) is 20.2 Å². The zero-order valence-corrected chi connectivity index (χ0v) is 8.72. The second kappa shape index (κ2) is 5.96. The van der Waals surface area contributed by atoms with Crippen molar-refractivity contribution in [2.45, 2.75) is 6.61 Å². The molecule has 0 heterocycles. The molecule has 0 bridgehead atoms. The smallest absolute Gasteiger partial charge is 0.130 e. The topological polar surface area (TPSA) is 23.3 Å². The van der Waals surface area contributed by atoms with E-state index in [-0.39, 0.29) is 12.4 Å². The number of benzene rings is 1. The van der Waals surface area contributed by atoms with Crippen molar-refractivity contribution < 1.29 is 9.13 Å². The third-order valence-corrected chi connectivity index (χ3v) is 1.97. The van der Waals surface area contributed by atoms with Gasteiger partial charge < -0.3 is 10.1 Å². The van der Waals surface area contributed by atoms with E-state index in [4.69, 9.17) is 16.3 Å². The highest BCUT2D eigenvalue weighted by Gasteiger charge is 2.01. The van der Waals surface area contributed by atoms with Crippen LogP contribution in [0.5, 0.6) is 0 Å². The van der Waals surface area contributed by atoms with Gasteiger partial charge in [-0.25, -0.2) is 4.39 Å². The summed E-state index contributed by atoms with van der Waals surface area (Å²) in [5, 5.41) is 4.26. The molecule has 0 fully saturated rings. The molecule has 0 atom stereocenters. The van der Waals surface area contributed by atoms with Gasteiger partial charge in [0.2, 0.25) is 0 Å². The van der Waals surface area contributed by atoms with Crippen LogP contribution >= 0.6 is 11.6 Å². The normalized spacial score (nSPS) is 10.5. The molecular weight excluding hydrogens is 205 g/mol. The first kappa shape index (κ1) is 11.4. The molecule has 2 nitrogen and oxygen atoms in total. The zero-order valence-electron chi connectivity index (χ0n) is 7.96. The molecule has 78 valence electrons. The molecule has 0 aromatic heterocycles. The van der Waals surface area contributed by atoms with Crippen LogP contribution < -0.4 is 0 Å².